The van der Waals surface area contributed by atoms with Gasteiger partial charge in [0.15, 0.2) is 0 Å². The van der Waals surface area contributed by atoms with Gasteiger partial charge in [0.25, 0.3) is 0 Å². The third-order valence-electron chi connectivity index (χ3n) is 7.77. The number of cyclic esters (lactones) is 1. The van der Waals surface area contributed by atoms with Crippen LogP contribution in [0.15, 0.2) is 66.7 Å². The largest absolute Gasteiger partial charge is 0.463 e. The second kappa shape index (κ2) is 14.7. The number of esters is 1. The van der Waals surface area contributed by atoms with E-state index in [2.05, 4.69) is 5.32 Å². The molecule has 8 heteroatoms. The Morgan fingerprint density at radius 3 is 2.55 bits per heavy atom. The van der Waals surface area contributed by atoms with Crippen LogP contribution in [-0.2, 0) is 32.0 Å². The van der Waals surface area contributed by atoms with Crippen molar-refractivity contribution >= 4 is 17.8 Å². The van der Waals surface area contributed by atoms with E-state index in [-0.39, 0.29) is 55.2 Å². The highest BCUT2D eigenvalue weighted by atomic mass is 19.1. The van der Waals surface area contributed by atoms with E-state index in [4.69, 9.17) is 4.74 Å². The maximum atomic E-state index is 13.6. The molecule has 2 aliphatic heterocycles. The van der Waals surface area contributed by atoms with Crippen molar-refractivity contribution in [3.63, 3.8) is 0 Å². The van der Waals surface area contributed by atoms with E-state index in [1.54, 1.807) is 17.0 Å². The number of halogens is 1. The fraction of sp³-hybridized carbons (Fsp3) is 0.469. The first kappa shape index (κ1) is 29.5. The van der Waals surface area contributed by atoms with Crippen LogP contribution < -0.4 is 5.32 Å². The summed E-state index contributed by atoms with van der Waals surface area (Å²) in [6.45, 7) is 0.494. The van der Waals surface area contributed by atoms with Gasteiger partial charge in [-0.2, -0.15) is 0 Å². The minimum absolute atomic E-state index is 0.0185. The lowest BCUT2D eigenvalue weighted by atomic mass is 9.94. The highest BCUT2D eigenvalue weighted by Gasteiger charge is 2.35. The Hall–Kier alpha value is -3.52. The summed E-state index contributed by atoms with van der Waals surface area (Å²) in [6.07, 6.45) is 7.99. The Morgan fingerprint density at radius 1 is 1.02 bits per heavy atom. The monoisotopic (exact) mass is 550 g/mol. The number of carbonyl (C=O) groups is 3. The first-order valence-corrected chi connectivity index (χ1v) is 14.2. The van der Waals surface area contributed by atoms with Crippen molar-refractivity contribution in [2.75, 3.05) is 19.8 Å². The molecular weight excluding hydrogens is 511 g/mol. The quantitative estimate of drug-likeness (QED) is 0.383. The normalized spacial score (nSPS) is 23.6. The minimum Gasteiger partial charge on any atom is -0.463 e. The molecule has 2 aromatic rings. The first-order chi connectivity index (χ1) is 19.4. The fourth-order valence-corrected chi connectivity index (χ4v) is 5.56. The predicted octanol–water partition coefficient (Wildman–Crippen LogP) is 3.98. The van der Waals surface area contributed by atoms with Gasteiger partial charge < -0.3 is 20.1 Å². The molecule has 2 heterocycles. The minimum atomic E-state index is -0.542. The molecule has 0 unspecified atom stereocenters. The van der Waals surface area contributed by atoms with Crippen molar-refractivity contribution in [1.82, 2.24) is 10.2 Å². The van der Waals surface area contributed by atoms with Crippen LogP contribution in [0.5, 0.6) is 0 Å². The number of aliphatic hydroxyl groups is 1. The van der Waals surface area contributed by atoms with Gasteiger partial charge in [0, 0.05) is 13.0 Å². The molecule has 0 spiro atoms. The zero-order valence-electron chi connectivity index (χ0n) is 22.8. The molecule has 0 radical (unpaired) electrons. The van der Waals surface area contributed by atoms with Crippen molar-refractivity contribution in [3.05, 3.63) is 83.7 Å². The standard InChI is InChI=1S/C32H39FN2O5/c33-27-15-13-24(14-16-27)18-26-11-6-2-5-10-25(31(38)35-17-7-12-29(35)22-40-32(26)39)20-30(37)34-28(21-36)19-23-8-3-1-4-9-23/h1-5,8-9,13-16,25-26,28-29,36H,6-7,10-12,17-22H2,(H,34,37)/b5-2+/t25-,26-,28-,29-/m0/s1. The van der Waals surface area contributed by atoms with Crippen LogP contribution in [0.1, 0.15) is 49.7 Å². The summed E-state index contributed by atoms with van der Waals surface area (Å²) < 4.78 is 19.1. The molecule has 2 aliphatic rings. The number of ether oxygens (including phenoxy) is 1. The van der Waals surface area contributed by atoms with Gasteiger partial charge in [-0.3, -0.25) is 14.4 Å². The lowest BCUT2D eigenvalue weighted by Crippen LogP contribution is -2.45. The molecule has 0 aromatic heterocycles. The molecule has 2 aromatic carbocycles. The zero-order chi connectivity index (χ0) is 28.3. The van der Waals surface area contributed by atoms with Crippen molar-refractivity contribution in [2.24, 2.45) is 11.8 Å². The van der Waals surface area contributed by atoms with Gasteiger partial charge in [0.1, 0.15) is 12.4 Å². The Balaban J connectivity index is 1.42. The van der Waals surface area contributed by atoms with Crippen LogP contribution in [0, 0.1) is 17.7 Å². The van der Waals surface area contributed by atoms with Crippen molar-refractivity contribution in [3.8, 4) is 0 Å². The molecule has 2 amide bonds. The third-order valence-corrected chi connectivity index (χ3v) is 7.77. The maximum absolute atomic E-state index is 13.6. The smallest absolute Gasteiger partial charge is 0.309 e. The average Bonchev–Trinajstić information content (AvgIpc) is 3.43. The number of allylic oxidation sites excluding steroid dienone is 2. The van der Waals surface area contributed by atoms with E-state index in [0.717, 1.165) is 24.0 Å². The van der Waals surface area contributed by atoms with Gasteiger partial charge in [0.2, 0.25) is 11.8 Å². The molecule has 2 N–H and O–H groups in total. The lowest BCUT2D eigenvalue weighted by Gasteiger charge is -2.29. The number of hydrogen-bond donors (Lipinski definition) is 2. The number of aliphatic hydroxyl groups excluding tert-OH is 1. The summed E-state index contributed by atoms with van der Waals surface area (Å²) in [5.74, 6) is -1.92. The Kier molecular flexibility index (Phi) is 10.9. The third kappa shape index (κ3) is 8.49. The number of nitrogens with one attached hydrogen (secondary N) is 1. The Bertz CT molecular complexity index is 1150. The van der Waals surface area contributed by atoms with Crippen molar-refractivity contribution < 1.29 is 28.6 Å². The SMILES string of the molecule is O=C(C[C@@H]1C/C=C/CC[C@@H](Cc2ccc(F)cc2)C(=O)OC[C@@H]2CCCN2C1=O)N[C@H](CO)Cc1ccccc1. The topological polar surface area (TPSA) is 95.9 Å². The number of nitrogens with zero attached hydrogens (tertiary/aromatic N) is 1. The van der Waals surface area contributed by atoms with E-state index < -0.39 is 12.0 Å². The second-order valence-corrected chi connectivity index (χ2v) is 10.8. The summed E-state index contributed by atoms with van der Waals surface area (Å²) in [5.41, 5.74) is 1.88. The molecular formula is C32H39FN2O5. The Labute approximate surface area is 235 Å². The molecule has 4 rings (SSSR count). The van der Waals surface area contributed by atoms with Crippen molar-refractivity contribution in [1.29, 1.82) is 0 Å². The molecule has 0 bridgehead atoms. The molecule has 7 nitrogen and oxygen atoms in total. The maximum Gasteiger partial charge on any atom is 0.309 e. The molecule has 1 fully saturated rings. The van der Waals surface area contributed by atoms with E-state index in [0.29, 0.717) is 38.6 Å². The van der Waals surface area contributed by atoms with Crippen LogP contribution >= 0.6 is 0 Å². The van der Waals surface area contributed by atoms with E-state index in [1.165, 1.54) is 12.1 Å². The van der Waals surface area contributed by atoms with Crippen LogP contribution in [-0.4, -0.2) is 59.6 Å². The summed E-state index contributed by atoms with van der Waals surface area (Å²) in [5, 5.41) is 12.7. The summed E-state index contributed by atoms with van der Waals surface area (Å²) in [4.78, 5) is 41.4. The molecule has 1 saturated heterocycles. The zero-order valence-corrected chi connectivity index (χ0v) is 22.8. The van der Waals surface area contributed by atoms with E-state index >= 15 is 0 Å². The van der Waals surface area contributed by atoms with Gasteiger partial charge in [-0.15, -0.1) is 0 Å². The number of carbonyl (C=O) groups excluding carboxylic acids is 3. The summed E-state index contributed by atoms with van der Waals surface area (Å²) in [6, 6.07) is 15.1. The summed E-state index contributed by atoms with van der Waals surface area (Å²) in [7, 11) is 0. The fourth-order valence-electron chi connectivity index (χ4n) is 5.56. The highest BCUT2D eigenvalue weighted by Crippen LogP contribution is 2.25. The van der Waals surface area contributed by atoms with Gasteiger partial charge in [0.05, 0.1) is 30.5 Å². The van der Waals surface area contributed by atoms with E-state index in [1.807, 2.05) is 42.5 Å². The number of amides is 2. The average molecular weight is 551 g/mol. The van der Waals surface area contributed by atoms with Gasteiger partial charge in [-0.05, 0) is 68.2 Å². The molecule has 214 valence electrons. The van der Waals surface area contributed by atoms with Gasteiger partial charge in [-0.1, -0.05) is 54.6 Å². The van der Waals surface area contributed by atoms with Crippen molar-refractivity contribution in [2.45, 2.75) is 63.5 Å². The highest BCUT2D eigenvalue weighted by molar-refractivity contribution is 5.86. The predicted molar refractivity (Wildman–Crippen MR) is 150 cm³/mol. The molecule has 0 aliphatic carbocycles. The van der Waals surface area contributed by atoms with Crippen LogP contribution in [0.3, 0.4) is 0 Å². The second-order valence-electron chi connectivity index (χ2n) is 10.8. The van der Waals surface area contributed by atoms with Gasteiger partial charge >= 0.3 is 5.97 Å². The molecule has 0 saturated carbocycles. The first-order valence-electron chi connectivity index (χ1n) is 14.2. The summed E-state index contributed by atoms with van der Waals surface area (Å²) >= 11 is 0. The number of benzene rings is 2. The molecule has 4 atom stereocenters. The number of rotatable bonds is 8. The number of fused-ring (bicyclic) bond motifs is 1. The van der Waals surface area contributed by atoms with Crippen LogP contribution in [0.25, 0.3) is 0 Å². The van der Waals surface area contributed by atoms with Gasteiger partial charge in [-0.25, -0.2) is 4.39 Å². The van der Waals surface area contributed by atoms with E-state index in [9.17, 15) is 23.9 Å². The number of hydrogen-bond acceptors (Lipinski definition) is 5. The van der Waals surface area contributed by atoms with Crippen LogP contribution in [0.2, 0.25) is 0 Å². The lowest BCUT2D eigenvalue weighted by molar-refractivity contribution is -0.152. The molecule has 40 heavy (non-hydrogen) atoms. The Morgan fingerprint density at radius 2 is 1.80 bits per heavy atom. The van der Waals surface area contributed by atoms with Crippen LogP contribution in [0.4, 0.5) is 4.39 Å².